The van der Waals surface area contributed by atoms with E-state index in [1.807, 2.05) is 13.8 Å². The monoisotopic (exact) mass is 403 g/mol. The van der Waals surface area contributed by atoms with E-state index >= 15 is 0 Å². The number of aliphatic imine (C=N–C) groups is 1. The van der Waals surface area contributed by atoms with Crippen LogP contribution in [0.5, 0.6) is 11.5 Å². The van der Waals surface area contributed by atoms with Crippen LogP contribution in [0.25, 0.3) is 0 Å². The zero-order valence-electron chi connectivity index (χ0n) is 17.5. The highest BCUT2D eigenvalue weighted by atomic mass is 19.1. The summed E-state index contributed by atoms with van der Waals surface area (Å²) in [6, 6.07) is 10.1. The van der Waals surface area contributed by atoms with E-state index in [1.165, 1.54) is 12.1 Å². The van der Waals surface area contributed by atoms with Gasteiger partial charge >= 0.3 is 0 Å². The molecule has 158 valence electrons. The zero-order chi connectivity index (χ0) is 21.2. The van der Waals surface area contributed by atoms with Gasteiger partial charge in [0.1, 0.15) is 17.3 Å². The van der Waals surface area contributed by atoms with Crippen LogP contribution in [0.3, 0.4) is 0 Å². The Hall–Kier alpha value is -2.80. The lowest BCUT2D eigenvalue weighted by Crippen LogP contribution is -2.38. The molecule has 2 rings (SSSR count). The second-order valence-electron chi connectivity index (χ2n) is 6.63. The van der Waals surface area contributed by atoms with Gasteiger partial charge in [0.2, 0.25) is 0 Å². The molecule has 2 aromatic rings. The minimum Gasteiger partial charge on any atom is -0.497 e. The topological polar surface area (TPSA) is 75.1 Å². The summed E-state index contributed by atoms with van der Waals surface area (Å²) < 4.78 is 23.7. The Kier molecular flexibility index (Phi) is 8.73. The lowest BCUT2D eigenvalue weighted by atomic mass is 10.1. The van der Waals surface area contributed by atoms with Gasteiger partial charge in [0.25, 0.3) is 0 Å². The van der Waals surface area contributed by atoms with Gasteiger partial charge in [0.15, 0.2) is 5.96 Å². The first-order valence-electron chi connectivity index (χ1n) is 9.65. The lowest BCUT2D eigenvalue weighted by molar-refractivity contribution is 0.186. The van der Waals surface area contributed by atoms with E-state index in [2.05, 4.69) is 15.6 Å². The second-order valence-corrected chi connectivity index (χ2v) is 6.63. The third kappa shape index (κ3) is 6.94. The summed E-state index contributed by atoms with van der Waals surface area (Å²) in [5.41, 5.74) is 2.68. The Labute approximate surface area is 171 Å². The van der Waals surface area contributed by atoms with Crippen molar-refractivity contribution in [1.82, 2.24) is 10.6 Å². The number of halogens is 1. The first kappa shape index (κ1) is 22.5. The molecule has 0 spiro atoms. The third-order valence-corrected chi connectivity index (χ3v) is 4.52. The molecule has 0 fully saturated rings. The average Bonchev–Trinajstić information content (AvgIpc) is 2.72. The summed E-state index contributed by atoms with van der Waals surface area (Å²) in [7, 11) is 3.14. The minimum absolute atomic E-state index is 0.182. The molecule has 0 aliphatic rings. The fraction of sp³-hybridized carbons (Fsp3) is 0.409. The van der Waals surface area contributed by atoms with Crippen molar-refractivity contribution in [3.63, 3.8) is 0 Å². The van der Waals surface area contributed by atoms with Crippen molar-refractivity contribution >= 4 is 5.96 Å². The molecule has 0 amide bonds. The van der Waals surface area contributed by atoms with E-state index in [-0.39, 0.29) is 12.4 Å². The van der Waals surface area contributed by atoms with E-state index in [9.17, 15) is 9.50 Å². The maximum absolute atomic E-state index is 13.2. The maximum atomic E-state index is 13.2. The number of benzene rings is 2. The second kappa shape index (κ2) is 11.3. The van der Waals surface area contributed by atoms with Crippen LogP contribution >= 0.6 is 0 Å². The van der Waals surface area contributed by atoms with Gasteiger partial charge in [-0.15, -0.1) is 0 Å². The van der Waals surface area contributed by atoms with Crippen molar-refractivity contribution in [2.24, 2.45) is 4.99 Å². The van der Waals surface area contributed by atoms with Crippen molar-refractivity contribution in [1.29, 1.82) is 0 Å². The molecule has 6 nitrogen and oxygen atoms in total. The molecule has 0 saturated carbocycles. The Morgan fingerprint density at radius 3 is 2.38 bits per heavy atom. The normalized spacial score (nSPS) is 12.4. The van der Waals surface area contributed by atoms with Crippen LogP contribution in [0.4, 0.5) is 4.39 Å². The van der Waals surface area contributed by atoms with Crippen molar-refractivity contribution < 1.29 is 19.0 Å². The third-order valence-electron chi connectivity index (χ3n) is 4.52. The van der Waals surface area contributed by atoms with Gasteiger partial charge in [0, 0.05) is 19.2 Å². The molecule has 0 bridgehead atoms. The largest absolute Gasteiger partial charge is 0.497 e. The van der Waals surface area contributed by atoms with Crippen LogP contribution in [-0.4, -0.2) is 44.9 Å². The number of ether oxygens (including phenoxy) is 2. The van der Waals surface area contributed by atoms with Crippen LogP contribution in [-0.2, 0) is 6.42 Å². The molecular weight excluding hydrogens is 373 g/mol. The highest BCUT2D eigenvalue weighted by molar-refractivity contribution is 5.79. The Morgan fingerprint density at radius 1 is 1.10 bits per heavy atom. The molecule has 0 heterocycles. The molecule has 29 heavy (non-hydrogen) atoms. The summed E-state index contributed by atoms with van der Waals surface area (Å²) in [5.74, 6) is 1.61. The van der Waals surface area contributed by atoms with Gasteiger partial charge in [-0.05, 0) is 61.2 Å². The first-order valence-corrected chi connectivity index (χ1v) is 9.65. The van der Waals surface area contributed by atoms with Crippen LogP contribution in [0.1, 0.15) is 29.7 Å². The lowest BCUT2D eigenvalue weighted by Gasteiger charge is -2.15. The van der Waals surface area contributed by atoms with Crippen LogP contribution in [0.2, 0.25) is 0 Å². The summed E-state index contributed by atoms with van der Waals surface area (Å²) in [6.07, 6.45) is -0.0552. The van der Waals surface area contributed by atoms with Gasteiger partial charge in [-0.1, -0.05) is 6.07 Å². The number of aliphatic hydroxyl groups excluding tert-OH is 1. The fourth-order valence-electron chi connectivity index (χ4n) is 2.90. The van der Waals surface area contributed by atoms with E-state index in [0.29, 0.717) is 36.1 Å². The first-order chi connectivity index (χ1) is 14.0. The quantitative estimate of drug-likeness (QED) is 0.443. The smallest absolute Gasteiger partial charge is 0.191 e. The summed E-state index contributed by atoms with van der Waals surface area (Å²) in [6.45, 7) is 5.40. The molecule has 2 aromatic carbocycles. The van der Waals surface area contributed by atoms with Gasteiger partial charge < -0.3 is 25.2 Å². The molecule has 0 aliphatic heterocycles. The Balaban J connectivity index is 1.99. The molecular formula is C22H30FN3O3. The van der Waals surface area contributed by atoms with Crippen LogP contribution in [0.15, 0.2) is 41.4 Å². The maximum Gasteiger partial charge on any atom is 0.191 e. The molecule has 1 atom stereocenters. The minimum atomic E-state index is -0.797. The molecule has 0 saturated heterocycles. The van der Waals surface area contributed by atoms with Crippen molar-refractivity contribution in [3.8, 4) is 11.5 Å². The molecule has 7 heteroatoms. The van der Waals surface area contributed by atoms with Crippen LogP contribution < -0.4 is 20.1 Å². The van der Waals surface area contributed by atoms with E-state index in [1.54, 1.807) is 38.5 Å². The standard InChI is InChI=1S/C22H30FN3O3/c1-5-24-22(25-9-8-16-6-7-18(23)10-15(16)2)26-14-21(27)17-11-19(28-3)13-20(12-17)29-4/h6-7,10-13,21,27H,5,8-9,14H2,1-4H3,(H2,24,25,26). The van der Waals surface area contributed by atoms with E-state index in [0.717, 1.165) is 17.5 Å². The van der Waals surface area contributed by atoms with Gasteiger partial charge in [-0.3, -0.25) is 4.99 Å². The SMILES string of the molecule is CCNC(=NCC(O)c1cc(OC)cc(OC)c1)NCCc1ccc(F)cc1C. The molecule has 0 radical (unpaired) electrons. The fourth-order valence-corrected chi connectivity index (χ4v) is 2.90. The number of nitrogens with zero attached hydrogens (tertiary/aromatic N) is 1. The highest BCUT2D eigenvalue weighted by Gasteiger charge is 2.11. The van der Waals surface area contributed by atoms with E-state index in [4.69, 9.17) is 9.47 Å². The van der Waals surface area contributed by atoms with Gasteiger partial charge in [-0.25, -0.2) is 4.39 Å². The average molecular weight is 403 g/mol. The number of rotatable bonds is 9. The number of guanidine groups is 1. The number of aliphatic hydroxyl groups is 1. The van der Waals surface area contributed by atoms with E-state index < -0.39 is 6.10 Å². The number of methoxy groups -OCH3 is 2. The summed E-state index contributed by atoms with van der Waals surface area (Å²) in [5, 5.41) is 16.9. The predicted molar refractivity (Wildman–Crippen MR) is 113 cm³/mol. The summed E-state index contributed by atoms with van der Waals surface area (Å²) >= 11 is 0. The van der Waals surface area contributed by atoms with Crippen molar-refractivity contribution in [2.75, 3.05) is 33.9 Å². The number of hydrogen-bond donors (Lipinski definition) is 3. The number of hydrogen-bond acceptors (Lipinski definition) is 4. The molecule has 0 aromatic heterocycles. The predicted octanol–water partition coefficient (Wildman–Crippen LogP) is 2.98. The highest BCUT2D eigenvalue weighted by Crippen LogP contribution is 2.26. The van der Waals surface area contributed by atoms with Crippen molar-refractivity contribution in [2.45, 2.75) is 26.4 Å². The van der Waals surface area contributed by atoms with Gasteiger partial charge in [0.05, 0.1) is 26.9 Å². The molecule has 0 aliphatic carbocycles. The summed E-state index contributed by atoms with van der Waals surface area (Å²) in [4.78, 5) is 4.47. The zero-order valence-corrected chi connectivity index (χ0v) is 17.5. The number of nitrogens with one attached hydrogen (secondary N) is 2. The Bertz CT molecular complexity index is 805. The van der Waals surface area contributed by atoms with Gasteiger partial charge in [-0.2, -0.15) is 0 Å². The van der Waals surface area contributed by atoms with Crippen LogP contribution in [0, 0.1) is 12.7 Å². The molecule has 1 unspecified atom stereocenters. The molecule has 3 N–H and O–H groups in total. The Morgan fingerprint density at radius 2 is 1.79 bits per heavy atom. The number of aryl methyl sites for hydroxylation is 1. The van der Waals surface area contributed by atoms with Crippen molar-refractivity contribution in [3.05, 3.63) is 58.9 Å².